The molecule has 0 fully saturated rings. The highest BCUT2D eigenvalue weighted by Gasteiger charge is 2.19. The Morgan fingerprint density at radius 3 is 0.735 bits per heavy atom. The molecule has 0 aliphatic rings. The van der Waals surface area contributed by atoms with E-state index in [1.165, 1.54) is 51.4 Å². The van der Waals surface area contributed by atoms with Gasteiger partial charge in [0, 0.05) is 19.3 Å². The first kappa shape index (κ1) is 77.8. The highest BCUT2D eigenvalue weighted by atomic mass is 16.6. The summed E-state index contributed by atoms with van der Waals surface area (Å²) in [6.07, 6.45) is 102. The third-order valence-corrected chi connectivity index (χ3v) is 13.7. The highest BCUT2D eigenvalue weighted by molar-refractivity contribution is 5.71. The van der Waals surface area contributed by atoms with Crippen LogP contribution in [0.2, 0.25) is 0 Å². The molecular weight excluding hydrogens is 1020 g/mol. The van der Waals surface area contributed by atoms with Crippen molar-refractivity contribution in [3.63, 3.8) is 0 Å². The zero-order valence-electron chi connectivity index (χ0n) is 53.4. The Morgan fingerprint density at radius 1 is 0.253 bits per heavy atom. The second-order valence-electron chi connectivity index (χ2n) is 21.6. The first-order valence-electron chi connectivity index (χ1n) is 33.6. The second-order valence-corrected chi connectivity index (χ2v) is 21.6. The third-order valence-electron chi connectivity index (χ3n) is 13.7. The number of carbonyl (C=O) groups excluding carboxylic acids is 3. The molecule has 0 amide bonds. The maximum Gasteiger partial charge on any atom is 0.306 e. The van der Waals surface area contributed by atoms with Gasteiger partial charge in [-0.3, -0.25) is 14.4 Å². The van der Waals surface area contributed by atoms with E-state index in [1.807, 2.05) is 0 Å². The summed E-state index contributed by atoms with van der Waals surface area (Å²) < 4.78 is 16.9. The summed E-state index contributed by atoms with van der Waals surface area (Å²) in [7, 11) is 0. The monoisotopic (exact) mass is 1140 g/mol. The van der Waals surface area contributed by atoms with Crippen molar-refractivity contribution in [3.8, 4) is 0 Å². The number of esters is 3. The van der Waals surface area contributed by atoms with Crippen LogP contribution in [0.3, 0.4) is 0 Å². The van der Waals surface area contributed by atoms with Gasteiger partial charge in [-0.2, -0.15) is 0 Å². The lowest BCUT2D eigenvalue weighted by atomic mass is 10.1. The molecule has 0 N–H and O–H groups in total. The van der Waals surface area contributed by atoms with Crippen molar-refractivity contribution in [1.29, 1.82) is 0 Å². The molecule has 0 aromatic carbocycles. The molecule has 0 saturated carbocycles. The topological polar surface area (TPSA) is 78.9 Å². The Kier molecular flexibility index (Phi) is 64.9. The van der Waals surface area contributed by atoms with Gasteiger partial charge in [0.05, 0.1) is 0 Å². The van der Waals surface area contributed by atoms with E-state index in [4.69, 9.17) is 14.2 Å². The van der Waals surface area contributed by atoms with E-state index in [-0.39, 0.29) is 31.1 Å². The molecular formula is C77H122O6. The van der Waals surface area contributed by atoms with Crippen molar-refractivity contribution >= 4 is 17.9 Å². The van der Waals surface area contributed by atoms with Crippen LogP contribution in [0, 0.1) is 0 Å². The Morgan fingerprint density at radius 2 is 0.470 bits per heavy atom. The van der Waals surface area contributed by atoms with Gasteiger partial charge in [0.25, 0.3) is 0 Å². The lowest BCUT2D eigenvalue weighted by Gasteiger charge is -2.18. The van der Waals surface area contributed by atoms with Gasteiger partial charge in [0.1, 0.15) is 13.2 Å². The summed E-state index contributed by atoms with van der Waals surface area (Å²) in [5.41, 5.74) is 0. The minimum absolute atomic E-state index is 0.104. The third kappa shape index (κ3) is 67.4. The molecule has 0 saturated heterocycles. The van der Waals surface area contributed by atoms with Crippen LogP contribution in [-0.4, -0.2) is 37.2 Å². The number of hydrogen-bond donors (Lipinski definition) is 0. The fraction of sp³-hybridized carbons (Fsp3) is 0.597. The summed E-state index contributed by atoms with van der Waals surface area (Å²) in [4.78, 5) is 38.4. The van der Waals surface area contributed by atoms with E-state index in [9.17, 15) is 14.4 Å². The molecule has 466 valence electrons. The molecule has 0 aromatic heterocycles. The summed E-state index contributed by atoms with van der Waals surface area (Å²) in [6.45, 7) is 6.35. The summed E-state index contributed by atoms with van der Waals surface area (Å²) in [5.74, 6) is -0.948. The molecule has 0 spiro atoms. The van der Waals surface area contributed by atoms with E-state index in [1.54, 1.807) is 0 Å². The molecule has 0 radical (unpaired) electrons. The number of unbranched alkanes of at least 4 members (excludes halogenated alkanes) is 20. The number of rotatable bonds is 59. The molecule has 6 heteroatoms. The molecule has 0 aliphatic carbocycles. The molecule has 1 unspecified atom stereocenters. The normalized spacial score (nSPS) is 13.2. The average molecular weight is 1140 g/mol. The van der Waals surface area contributed by atoms with Gasteiger partial charge in [0.15, 0.2) is 6.10 Å². The minimum Gasteiger partial charge on any atom is -0.462 e. The van der Waals surface area contributed by atoms with Crippen LogP contribution in [0.15, 0.2) is 170 Å². The SMILES string of the molecule is CC/C=C\C/C=C\C/C=C\C/C=C\C/C=C\C/C=C\CCCCCCCCC(=O)OCC(COC(=O)CCCCCCC/C=C\C/C=C\CCCCC)OC(=O)CCCCCCCC/C=C\C/C=C\C/C=C\C/C=C\C/C=C\C/C=C\CC. The van der Waals surface area contributed by atoms with Crippen molar-refractivity contribution in [3.05, 3.63) is 170 Å². The Labute approximate surface area is 511 Å². The van der Waals surface area contributed by atoms with Crippen LogP contribution in [0.4, 0.5) is 0 Å². The Bertz CT molecular complexity index is 1890. The van der Waals surface area contributed by atoms with Crippen molar-refractivity contribution in [2.24, 2.45) is 0 Å². The summed E-state index contributed by atoms with van der Waals surface area (Å²) in [5, 5.41) is 0. The molecule has 0 aromatic rings. The second kappa shape index (κ2) is 69.3. The number of ether oxygens (including phenoxy) is 3. The minimum atomic E-state index is -0.810. The van der Waals surface area contributed by atoms with Gasteiger partial charge in [0.2, 0.25) is 0 Å². The van der Waals surface area contributed by atoms with Crippen LogP contribution >= 0.6 is 0 Å². The van der Waals surface area contributed by atoms with Gasteiger partial charge in [-0.15, -0.1) is 0 Å². The van der Waals surface area contributed by atoms with Gasteiger partial charge < -0.3 is 14.2 Å². The molecule has 6 nitrogen and oxygen atoms in total. The van der Waals surface area contributed by atoms with Gasteiger partial charge >= 0.3 is 17.9 Å². The zero-order chi connectivity index (χ0) is 59.9. The first-order valence-corrected chi connectivity index (χ1v) is 33.6. The van der Waals surface area contributed by atoms with Gasteiger partial charge in [-0.25, -0.2) is 0 Å². The van der Waals surface area contributed by atoms with E-state index < -0.39 is 6.10 Å². The summed E-state index contributed by atoms with van der Waals surface area (Å²) >= 11 is 0. The van der Waals surface area contributed by atoms with E-state index in [0.29, 0.717) is 19.3 Å². The fourth-order valence-electron chi connectivity index (χ4n) is 8.71. The quantitative estimate of drug-likeness (QED) is 0.0261. The molecule has 0 aliphatic heterocycles. The van der Waals surface area contributed by atoms with Crippen molar-refractivity contribution in [2.45, 2.75) is 284 Å². The fourth-order valence-corrected chi connectivity index (χ4v) is 8.71. The van der Waals surface area contributed by atoms with Crippen LogP contribution in [0.5, 0.6) is 0 Å². The van der Waals surface area contributed by atoms with Gasteiger partial charge in [-0.1, -0.05) is 274 Å². The van der Waals surface area contributed by atoms with Crippen LogP contribution in [0.1, 0.15) is 278 Å². The van der Waals surface area contributed by atoms with Crippen LogP contribution < -0.4 is 0 Å². The van der Waals surface area contributed by atoms with Crippen molar-refractivity contribution in [2.75, 3.05) is 13.2 Å². The maximum absolute atomic E-state index is 13.0. The number of hydrogen-bond acceptors (Lipinski definition) is 6. The number of carbonyl (C=O) groups is 3. The molecule has 83 heavy (non-hydrogen) atoms. The number of allylic oxidation sites excluding steroid dienone is 28. The van der Waals surface area contributed by atoms with E-state index >= 15 is 0 Å². The first-order chi connectivity index (χ1) is 41.0. The zero-order valence-corrected chi connectivity index (χ0v) is 53.4. The predicted octanol–water partition coefficient (Wildman–Crippen LogP) is 23.4. The lowest BCUT2D eigenvalue weighted by Crippen LogP contribution is -2.30. The molecule has 0 heterocycles. The summed E-state index contributed by atoms with van der Waals surface area (Å²) in [6, 6.07) is 0. The Balaban J connectivity index is 4.48. The van der Waals surface area contributed by atoms with Gasteiger partial charge in [-0.05, 0) is 154 Å². The average Bonchev–Trinajstić information content (AvgIpc) is 3.49. The molecule has 1 atom stereocenters. The maximum atomic E-state index is 13.0. The standard InChI is InChI=1S/C77H122O6/c1-4-7-10-13-16-19-22-25-28-30-32-34-36-38-40-42-44-46-49-52-55-58-61-64-67-70-76(79)82-73-74(72-81-75(78)69-66-63-60-57-54-51-48-27-24-21-18-15-12-9-6-3)83-77(80)71-68-65-62-59-56-53-50-47-45-43-41-39-37-35-33-31-29-26-23-20-17-14-11-8-5-2/h7-8,10-11,16-21,25-29,32-35,38-41,44-48,74H,4-6,9,12-15,22-24,30-31,36-37,42-43,49-73H2,1-3H3/b10-7-,11-8-,19-16-,20-17-,21-18-,28-25-,29-26-,34-32-,35-33-,40-38-,41-39-,46-44-,47-45-,48-27-. The smallest absolute Gasteiger partial charge is 0.306 e. The largest absolute Gasteiger partial charge is 0.462 e. The van der Waals surface area contributed by atoms with Crippen molar-refractivity contribution < 1.29 is 28.6 Å². The Hall–Kier alpha value is -5.23. The van der Waals surface area contributed by atoms with Crippen LogP contribution in [0.25, 0.3) is 0 Å². The van der Waals surface area contributed by atoms with Crippen LogP contribution in [-0.2, 0) is 28.6 Å². The van der Waals surface area contributed by atoms with E-state index in [0.717, 1.165) is 186 Å². The van der Waals surface area contributed by atoms with Crippen molar-refractivity contribution in [1.82, 2.24) is 0 Å². The molecule has 0 rings (SSSR count). The predicted molar refractivity (Wildman–Crippen MR) is 361 cm³/mol. The van der Waals surface area contributed by atoms with E-state index in [2.05, 4.69) is 191 Å². The molecule has 0 bridgehead atoms. The lowest BCUT2D eigenvalue weighted by molar-refractivity contribution is -0.167. The highest BCUT2D eigenvalue weighted by Crippen LogP contribution is 2.14.